The van der Waals surface area contributed by atoms with Crippen LogP contribution in [-0.2, 0) is 4.74 Å². The Morgan fingerprint density at radius 1 is 1.27 bits per heavy atom. The largest absolute Gasteiger partial charge is 0.467 e. The minimum Gasteiger partial charge on any atom is -0.467 e. The van der Waals surface area contributed by atoms with Crippen molar-refractivity contribution in [3.8, 4) is 12.1 Å². The normalized spacial score (nSPS) is 22.2. The first-order valence-corrected chi connectivity index (χ1v) is 8.89. The van der Waals surface area contributed by atoms with E-state index in [0.29, 0.717) is 18.9 Å². The number of amides is 1. The highest BCUT2D eigenvalue weighted by molar-refractivity contribution is 6.30. The summed E-state index contributed by atoms with van der Waals surface area (Å²) in [5, 5.41) is 9.51. The molecule has 0 radical (unpaired) electrons. The van der Waals surface area contributed by atoms with E-state index in [1.54, 1.807) is 0 Å². The molecule has 140 valence electrons. The fraction of sp³-hybridized carbons (Fsp3) is 0.647. The number of piperazine rings is 1. The molecule has 8 nitrogen and oxygen atoms in total. The summed E-state index contributed by atoms with van der Waals surface area (Å²) < 4.78 is 10.6. The second kappa shape index (κ2) is 6.80. The van der Waals surface area contributed by atoms with E-state index in [9.17, 15) is 10.1 Å². The van der Waals surface area contributed by atoms with Crippen LogP contribution in [0, 0.1) is 11.3 Å². The van der Waals surface area contributed by atoms with Gasteiger partial charge in [-0.15, -0.1) is 0 Å². The lowest BCUT2D eigenvalue weighted by Gasteiger charge is -2.41. The Bertz CT molecular complexity index is 744. The predicted octanol–water partition coefficient (Wildman–Crippen LogP) is 2.60. The molecule has 0 aliphatic carbocycles. The monoisotopic (exact) mass is 379 g/mol. The summed E-state index contributed by atoms with van der Waals surface area (Å²) in [5.41, 5.74) is -0.313. The van der Waals surface area contributed by atoms with E-state index in [4.69, 9.17) is 21.1 Å². The van der Waals surface area contributed by atoms with Gasteiger partial charge in [0.1, 0.15) is 17.2 Å². The number of carbonyl (C=O) groups is 1. The Kier molecular flexibility index (Phi) is 4.84. The fourth-order valence-electron chi connectivity index (χ4n) is 3.51. The molecular formula is C17H22ClN5O3. The number of hydrogen-bond donors (Lipinski definition) is 0. The molecule has 2 bridgehead atoms. The number of rotatable bonds is 2. The van der Waals surface area contributed by atoms with Crippen LogP contribution in [0.5, 0.6) is 6.01 Å². The van der Waals surface area contributed by atoms with Crippen LogP contribution in [-0.4, -0.2) is 58.8 Å². The number of ether oxygens (including phenoxy) is 2. The molecule has 0 saturated carbocycles. The summed E-state index contributed by atoms with van der Waals surface area (Å²) >= 11 is 6.11. The van der Waals surface area contributed by atoms with Crippen LogP contribution < -0.4 is 9.64 Å². The average Bonchev–Trinajstić information content (AvgIpc) is 2.83. The number of fused-ring (bicyclic) bond motifs is 2. The van der Waals surface area contributed by atoms with Gasteiger partial charge in [-0.3, -0.25) is 4.90 Å². The Balaban J connectivity index is 1.85. The lowest BCUT2D eigenvalue weighted by Crippen LogP contribution is -2.57. The molecule has 0 N–H and O–H groups in total. The van der Waals surface area contributed by atoms with Gasteiger partial charge in [0, 0.05) is 13.1 Å². The number of hydrogen-bond acceptors (Lipinski definition) is 7. The number of aromatic nitrogens is 2. The number of anilines is 1. The molecule has 0 spiro atoms. The van der Waals surface area contributed by atoms with Crippen LogP contribution in [0.15, 0.2) is 0 Å². The Morgan fingerprint density at radius 2 is 1.88 bits per heavy atom. The van der Waals surface area contributed by atoms with Gasteiger partial charge in [-0.05, 0) is 33.6 Å². The first kappa shape index (κ1) is 18.5. The van der Waals surface area contributed by atoms with Crippen molar-refractivity contribution >= 4 is 23.5 Å². The van der Waals surface area contributed by atoms with Gasteiger partial charge in [0.15, 0.2) is 11.0 Å². The van der Waals surface area contributed by atoms with Gasteiger partial charge in [-0.2, -0.15) is 15.2 Å². The first-order valence-electron chi connectivity index (χ1n) is 8.51. The second-order valence-electron chi connectivity index (χ2n) is 7.49. The molecule has 1 aromatic heterocycles. The number of nitrogens with zero attached hydrogens (tertiary/aromatic N) is 5. The number of nitriles is 1. The summed E-state index contributed by atoms with van der Waals surface area (Å²) in [6.45, 7) is 6.69. The van der Waals surface area contributed by atoms with Gasteiger partial charge in [0.25, 0.3) is 0 Å². The summed E-state index contributed by atoms with van der Waals surface area (Å²) in [6.07, 6.45) is 1.49. The van der Waals surface area contributed by atoms with E-state index >= 15 is 0 Å². The third-order valence-electron chi connectivity index (χ3n) is 4.51. The summed E-state index contributed by atoms with van der Waals surface area (Å²) in [6, 6.07) is 2.20. The molecule has 0 unspecified atom stereocenters. The van der Waals surface area contributed by atoms with Gasteiger partial charge in [-0.25, -0.2) is 4.79 Å². The van der Waals surface area contributed by atoms with Crippen LogP contribution in [0.4, 0.5) is 10.6 Å². The van der Waals surface area contributed by atoms with E-state index < -0.39 is 5.60 Å². The third-order valence-corrected chi connectivity index (χ3v) is 4.78. The molecule has 9 heteroatoms. The van der Waals surface area contributed by atoms with Crippen LogP contribution in [0.25, 0.3) is 0 Å². The standard InChI is InChI=1S/C17H22ClN5O3/c1-17(2,3)26-16(24)23-10-5-6-11(23)9-22(8-10)14-12(7-19)13(18)20-15(21-14)25-4/h10-11H,5-6,8-9H2,1-4H3/t10-,11-/m0/s1. The fourth-order valence-corrected chi connectivity index (χ4v) is 3.71. The minimum atomic E-state index is -0.533. The molecule has 2 aliphatic rings. The average molecular weight is 380 g/mol. The first-order chi connectivity index (χ1) is 12.2. The second-order valence-corrected chi connectivity index (χ2v) is 7.85. The zero-order valence-corrected chi connectivity index (χ0v) is 16.1. The summed E-state index contributed by atoms with van der Waals surface area (Å²) in [5.74, 6) is 0.449. The van der Waals surface area contributed by atoms with Crippen LogP contribution in [0.3, 0.4) is 0 Å². The maximum atomic E-state index is 12.6. The highest BCUT2D eigenvalue weighted by atomic mass is 35.5. The lowest BCUT2D eigenvalue weighted by atomic mass is 10.1. The molecule has 2 saturated heterocycles. The van der Waals surface area contributed by atoms with Gasteiger partial charge >= 0.3 is 12.1 Å². The van der Waals surface area contributed by atoms with Gasteiger partial charge in [-0.1, -0.05) is 11.6 Å². The Labute approximate surface area is 157 Å². The van der Waals surface area contributed by atoms with Crippen molar-refractivity contribution in [3.63, 3.8) is 0 Å². The number of halogens is 1. The van der Waals surface area contributed by atoms with Gasteiger partial charge in [0.05, 0.1) is 19.2 Å². The number of carbonyl (C=O) groups excluding carboxylic acids is 1. The van der Waals surface area contributed by atoms with Crippen molar-refractivity contribution in [1.82, 2.24) is 14.9 Å². The van der Waals surface area contributed by atoms with Gasteiger partial charge in [0.2, 0.25) is 0 Å². The maximum absolute atomic E-state index is 12.6. The van der Waals surface area contributed by atoms with E-state index in [1.807, 2.05) is 30.6 Å². The topological polar surface area (TPSA) is 91.6 Å². The number of methoxy groups -OCH3 is 1. The van der Waals surface area contributed by atoms with E-state index in [2.05, 4.69) is 16.0 Å². The lowest BCUT2D eigenvalue weighted by molar-refractivity contribution is 0.0122. The Morgan fingerprint density at radius 3 is 2.38 bits per heavy atom. The zero-order chi connectivity index (χ0) is 19.1. The minimum absolute atomic E-state index is 0.00915. The van der Waals surface area contributed by atoms with Crippen molar-refractivity contribution in [3.05, 3.63) is 10.7 Å². The third kappa shape index (κ3) is 3.49. The molecule has 0 aromatic carbocycles. The molecule has 1 amide bonds. The maximum Gasteiger partial charge on any atom is 0.410 e. The van der Waals surface area contributed by atoms with Crippen LogP contribution in [0.2, 0.25) is 5.15 Å². The molecule has 2 fully saturated rings. The van der Waals surface area contributed by atoms with Crippen molar-refractivity contribution in [2.24, 2.45) is 0 Å². The van der Waals surface area contributed by atoms with E-state index in [1.165, 1.54) is 7.11 Å². The Hall–Kier alpha value is -2.27. The quantitative estimate of drug-likeness (QED) is 0.729. The molecule has 3 heterocycles. The molecule has 2 aliphatic heterocycles. The predicted molar refractivity (Wildman–Crippen MR) is 95.4 cm³/mol. The molecular weight excluding hydrogens is 358 g/mol. The van der Waals surface area contributed by atoms with Crippen molar-refractivity contribution < 1.29 is 14.3 Å². The van der Waals surface area contributed by atoms with Crippen LogP contribution >= 0.6 is 11.6 Å². The zero-order valence-electron chi connectivity index (χ0n) is 15.3. The van der Waals surface area contributed by atoms with Crippen LogP contribution in [0.1, 0.15) is 39.2 Å². The SMILES string of the molecule is COc1nc(Cl)c(C#N)c(N2C[C@@H]3CC[C@@H](C2)N3C(=O)OC(C)(C)C)n1. The van der Waals surface area contributed by atoms with Crippen molar-refractivity contribution in [2.45, 2.75) is 51.3 Å². The van der Waals surface area contributed by atoms with E-state index in [0.717, 1.165) is 12.8 Å². The highest BCUT2D eigenvalue weighted by Crippen LogP contribution is 2.35. The molecule has 2 atom stereocenters. The van der Waals surface area contributed by atoms with Gasteiger partial charge < -0.3 is 14.4 Å². The molecule has 3 rings (SSSR count). The molecule has 1 aromatic rings. The van der Waals surface area contributed by atoms with E-state index in [-0.39, 0.29) is 34.9 Å². The smallest absolute Gasteiger partial charge is 0.410 e. The van der Waals surface area contributed by atoms with Crippen molar-refractivity contribution in [1.29, 1.82) is 5.26 Å². The highest BCUT2D eigenvalue weighted by Gasteiger charge is 2.45. The molecule has 26 heavy (non-hydrogen) atoms. The summed E-state index contributed by atoms with van der Waals surface area (Å²) in [7, 11) is 1.45. The van der Waals surface area contributed by atoms with Crippen molar-refractivity contribution in [2.75, 3.05) is 25.1 Å². The summed E-state index contributed by atoms with van der Waals surface area (Å²) in [4.78, 5) is 24.6.